The Morgan fingerprint density at radius 3 is 2.95 bits per heavy atom. The van der Waals surface area contributed by atoms with Crippen LogP contribution in [0.5, 0.6) is 0 Å². The highest BCUT2D eigenvalue weighted by molar-refractivity contribution is 5.98. The highest BCUT2D eigenvalue weighted by atomic mass is 19.1. The Labute approximate surface area is 109 Å². The Kier molecular flexibility index (Phi) is 3.75. The molecule has 1 unspecified atom stereocenters. The molecule has 0 aromatic heterocycles. The molecule has 1 heterocycles. The minimum absolute atomic E-state index is 0.116. The van der Waals surface area contributed by atoms with Crippen molar-refractivity contribution in [2.45, 2.75) is 13.0 Å². The van der Waals surface area contributed by atoms with Gasteiger partial charge in [0.05, 0.1) is 4.92 Å². The molecule has 0 saturated carbocycles. The number of nitro groups is 1. The molecule has 102 valence electrons. The van der Waals surface area contributed by atoms with Gasteiger partial charge in [0.1, 0.15) is 11.4 Å². The molecular formula is C12H14FN3O3. The van der Waals surface area contributed by atoms with Crippen molar-refractivity contribution in [3.8, 4) is 0 Å². The minimum atomic E-state index is -0.668. The molecule has 7 heteroatoms. The molecular weight excluding hydrogens is 253 g/mol. The highest BCUT2D eigenvalue weighted by Crippen LogP contribution is 2.21. The zero-order valence-electron chi connectivity index (χ0n) is 10.4. The Morgan fingerprint density at radius 1 is 1.58 bits per heavy atom. The summed E-state index contributed by atoms with van der Waals surface area (Å²) in [5.74, 6) is -1.16. The van der Waals surface area contributed by atoms with Gasteiger partial charge in [0.2, 0.25) is 0 Å². The van der Waals surface area contributed by atoms with Gasteiger partial charge in [-0.3, -0.25) is 14.9 Å². The fourth-order valence-electron chi connectivity index (χ4n) is 2.13. The van der Waals surface area contributed by atoms with Gasteiger partial charge in [-0.1, -0.05) is 0 Å². The summed E-state index contributed by atoms with van der Waals surface area (Å²) in [6, 6.07) is 3.04. The second-order valence-corrected chi connectivity index (χ2v) is 4.52. The monoisotopic (exact) mass is 267 g/mol. The Hall–Kier alpha value is -2.02. The van der Waals surface area contributed by atoms with Gasteiger partial charge >= 0.3 is 0 Å². The van der Waals surface area contributed by atoms with E-state index in [1.807, 2.05) is 6.92 Å². The van der Waals surface area contributed by atoms with Crippen LogP contribution in [0.4, 0.5) is 10.1 Å². The van der Waals surface area contributed by atoms with Crippen molar-refractivity contribution in [2.75, 3.05) is 19.6 Å². The van der Waals surface area contributed by atoms with Gasteiger partial charge < -0.3 is 10.2 Å². The third-order valence-corrected chi connectivity index (χ3v) is 3.04. The molecule has 0 aliphatic carbocycles. The van der Waals surface area contributed by atoms with Gasteiger partial charge in [-0.15, -0.1) is 0 Å². The lowest BCUT2D eigenvalue weighted by Crippen LogP contribution is -2.51. The number of benzene rings is 1. The lowest BCUT2D eigenvalue weighted by Gasteiger charge is -2.31. The summed E-state index contributed by atoms with van der Waals surface area (Å²) < 4.78 is 13.2. The van der Waals surface area contributed by atoms with Gasteiger partial charge in [0.15, 0.2) is 0 Å². The second kappa shape index (κ2) is 5.31. The van der Waals surface area contributed by atoms with E-state index in [1.54, 1.807) is 0 Å². The van der Waals surface area contributed by atoms with Crippen molar-refractivity contribution in [1.82, 2.24) is 10.2 Å². The Balaban J connectivity index is 2.32. The maximum Gasteiger partial charge on any atom is 0.282 e. The van der Waals surface area contributed by atoms with Crippen LogP contribution in [0.3, 0.4) is 0 Å². The van der Waals surface area contributed by atoms with E-state index in [1.165, 1.54) is 4.90 Å². The van der Waals surface area contributed by atoms with Crippen LogP contribution in [-0.2, 0) is 0 Å². The summed E-state index contributed by atoms with van der Waals surface area (Å²) in [5, 5.41) is 14.0. The smallest absolute Gasteiger partial charge is 0.282 e. The molecule has 1 aliphatic heterocycles. The number of nitrogens with zero attached hydrogens (tertiary/aromatic N) is 2. The zero-order valence-corrected chi connectivity index (χ0v) is 10.4. The second-order valence-electron chi connectivity index (χ2n) is 4.52. The number of nitrogens with one attached hydrogen (secondary N) is 1. The standard InChI is InChI=1S/C12H14FN3O3/c1-8-7-15(5-4-14-8)12(17)10-6-9(13)2-3-11(10)16(18)19/h2-3,6,8,14H,4-5,7H2,1H3. The fraction of sp³-hybridized carbons (Fsp3) is 0.417. The van der Waals surface area contributed by atoms with Crippen LogP contribution in [0.15, 0.2) is 18.2 Å². The first-order chi connectivity index (χ1) is 8.99. The summed E-state index contributed by atoms with van der Waals surface area (Å²) >= 11 is 0. The lowest BCUT2D eigenvalue weighted by molar-refractivity contribution is -0.385. The van der Waals surface area contributed by atoms with E-state index in [2.05, 4.69) is 5.32 Å². The number of halogens is 1. The summed E-state index contributed by atoms with van der Waals surface area (Å²) in [6.45, 7) is 3.44. The SMILES string of the molecule is CC1CN(C(=O)c2cc(F)ccc2[N+](=O)[O-])CCN1. The van der Waals surface area contributed by atoms with Crippen molar-refractivity contribution >= 4 is 11.6 Å². The molecule has 0 radical (unpaired) electrons. The highest BCUT2D eigenvalue weighted by Gasteiger charge is 2.27. The number of nitro benzene ring substituents is 1. The van der Waals surface area contributed by atoms with Crippen molar-refractivity contribution in [1.29, 1.82) is 0 Å². The number of carbonyl (C=O) groups excluding carboxylic acids is 1. The number of hydrogen-bond acceptors (Lipinski definition) is 4. The average Bonchev–Trinajstić information content (AvgIpc) is 2.37. The van der Waals surface area contributed by atoms with E-state index in [0.29, 0.717) is 19.6 Å². The van der Waals surface area contributed by atoms with Crippen LogP contribution in [-0.4, -0.2) is 41.4 Å². The maximum atomic E-state index is 13.2. The quantitative estimate of drug-likeness (QED) is 0.644. The first-order valence-corrected chi connectivity index (χ1v) is 5.95. The summed E-state index contributed by atoms with van der Waals surface area (Å²) in [6.07, 6.45) is 0. The molecule has 1 aromatic rings. The number of piperazine rings is 1. The van der Waals surface area contributed by atoms with Gasteiger partial charge in [-0.05, 0) is 19.1 Å². The lowest BCUT2D eigenvalue weighted by atomic mass is 10.1. The number of hydrogen-bond donors (Lipinski definition) is 1. The Morgan fingerprint density at radius 2 is 2.32 bits per heavy atom. The van der Waals surface area contributed by atoms with Crippen molar-refractivity contribution in [3.05, 3.63) is 39.7 Å². The molecule has 0 bridgehead atoms. The van der Waals surface area contributed by atoms with E-state index in [4.69, 9.17) is 0 Å². The van der Waals surface area contributed by atoms with E-state index in [-0.39, 0.29) is 17.3 Å². The molecule has 1 aromatic carbocycles. The summed E-state index contributed by atoms with van der Waals surface area (Å²) in [4.78, 5) is 24.0. The van der Waals surface area contributed by atoms with Crippen LogP contribution >= 0.6 is 0 Å². The zero-order chi connectivity index (χ0) is 14.0. The van der Waals surface area contributed by atoms with Crippen molar-refractivity contribution < 1.29 is 14.1 Å². The van der Waals surface area contributed by atoms with Gasteiger partial charge in [0, 0.05) is 31.7 Å². The molecule has 2 rings (SSSR count). The molecule has 1 amide bonds. The largest absolute Gasteiger partial charge is 0.336 e. The van der Waals surface area contributed by atoms with Crippen LogP contribution in [0.1, 0.15) is 17.3 Å². The first-order valence-electron chi connectivity index (χ1n) is 5.95. The van der Waals surface area contributed by atoms with E-state index < -0.39 is 16.6 Å². The molecule has 1 atom stereocenters. The average molecular weight is 267 g/mol. The maximum absolute atomic E-state index is 13.2. The predicted molar refractivity (Wildman–Crippen MR) is 66.4 cm³/mol. The summed E-state index contributed by atoms with van der Waals surface area (Å²) in [5.41, 5.74) is -0.559. The first kappa shape index (κ1) is 13.4. The third kappa shape index (κ3) is 2.87. The molecule has 1 N–H and O–H groups in total. The number of carbonyl (C=O) groups is 1. The molecule has 1 fully saturated rings. The van der Waals surface area contributed by atoms with E-state index in [9.17, 15) is 19.3 Å². The fourth-order valence-corrected chi connectivity index (χ4v) is 2.13. The topological polar surface area (TPSA) is 75.5 Å². The van der Waals surface area contributed by atoms with Gasteiger partial charge in [-0.25, -0.2) is 4.39 Å². The van der Waals surface area contributed by atoms with Crippen molar-refractivity contribution in [3.63, 3.8) is 0 Å². The van der Waals surface area contributed by atoms with E-state index >= 15 is 0 Å². The predicted octanol–water partition coefficient (Wildman–Crippen LogP) is 1.17. The molecule has 6 nitrogen and oxygen atoms in total. The van der Waals surface area contributed by atoms with Crippen molar-refractivity contribution in [2.24, 2.45) is 0 Å². The third-order valence-electron chi connectivity index (χ3n) is 3.04. The minimum Gasteiger partial charge on any atom is -0.336 e. The van der Waals surface area contributed by atoms with Gasteiger partial charge in [-0.2, -0.15) is 0 Å². The van der Waals surface area contributed by atoms with Gasteiger partial charge in [0.25, 0.3) is 11.6 Å². The van der Waals surface area contributed by atoms with Crippen LogP contribution in [0.25, 0.3) is 0 Å². The van der Waals surface area contributed by atoms with Crippen LogP contribution < -0.4 is 5.32 Å². The van der Waals surface area contributed by atoms with Crippen LogP contribution in [0.2, 0.25) is 0 Å². The number of rotatable bonds is 2. The molecule has 1 saturated heterocycles. The molecule has 0 spiro atoms. The molecule has 1 aliphatic rings. The Bertz CT molecular complexity index is 521. The van der Waals surface area contributed by atoms with Crippen LogP contribution in [0, 0.1) is 15.9 Å². The number of amides is 1. The van der Waals surface area contributed by atoms with E-state index in [0.717, 1.165) is 18.2 Å². The molecule has 19 heavy (non-hydrogen) atoms. The summed E-state index contributed by atoms with van der Waals surface area (Å²) in [7, 11) is 0. The normalized spacial score (nSPS) is 19.3.